The maximum Gasteiger partial charge on any atom is 0.156 e. The molecule has 8 heteroatoms. The van der Waals surface area contributed by atoms with Crippen molar-refractivity contribution in [2.45, 2.75) is 43.7 Å². The van der Waals surface area contributed by atoms with Crippen molar-refractivity contribution in [1.29, 1.82) is 0 Å². The highest BCUT2D eigenvalue weighted by Gasteiger charge is 2.30. The number of aliphatic hydroxyl groups is 1. The van der Waals surface area contributed by atoms with Gasteiger partial charge in [-0.3, -0.25) is 0 Å². The van der Waals surface area contributed by atoms with E-state index in [1.807, 2.05) is 25.1 Å². The Morgan fingerprint density at radius 2 is 1.86 bits per heavy atom. The molecule has 0 aromatic heterocycles. The molecule has 4 N–H and O–H groups in total. The maximum absolute atomic E-state index is 13.3. The fourth-order valence-corrected chi connectivity index (χ4v) is 5.34. The number of aryl methyl sites for hydroxylation is 1. The Morgan fingerprint density at radius 1 is 1.17 bits per heavy atom. The van der Waals surface area contributed by atoms with Gasteiger partial charge in [0.15, 0.2) is 9.84 Å². The summed E-state index contributed by atoms with van der Waals surface area (Å²) in [4.78, 5) is 0. The van der Waals surface area contributed by atoms with Crippen LogP contribution < -0.4 is 11.1 Å². The van der Waals surface area contributed by atoms with Gasteiger partial charge in [-0.25, -0.2) is 17.2 Å². The quantitative estimate of drug-likeness (QED) is 0.633. The molecule has 29 heavy (non-hydrogen) atoms. The highest BCUT2D eigenvalue weighted by Crippen LogP contribution is 2.29. The van der Waals surface area contributed by atoms with E-state index < -0.39 is 39.7 Å². The van der Waals surface area contributed by atoms with Gasteiger partial charge in [0, 0.05) is 24.7 Å². The van der Waals surface area contributed by atoms with Crippen molar-refractivity contribution in [2.75, 3.05) is 12.3 Å². The smallest absolute Gasteiger partial charge is 0.156 e. The first-order valence-corrected chi connectivity index (χ1v) is 11.4. The van der Waals surface area contributed by atoms with Crippen molar-refractivity contribution in [2.24, 2.45) is 5.73 Å². The zero-order valence-electron chi connectivity index (χ0n) is 16.2. The van der Waals surface area contributed by atoms with Crippen LogP contribution in [0.4, 0.5) is 8.78 Å². The van der Waals surface area contributed by atoms with E-state index in [2.05, 4.69) is 5.32 Å². The summed E-state index contributed by atoms with van der Waals surface area (Å²) in [6.07, 6.45) is -0.0784. The molecule has 0 saturated heterocycles. The summed E-state index contributed by atoms with van der Waals surface area (Å²) in [6, 6.07) is 7.72. The Morgan fingerprint density at radius 3 is 2.52 bits per heavy atom. The van der Waals surface area contributed by atoms with E-state index in [9.17, 15) is 22.3 Å². The number of hydrogen-bond acceptors (Lipinski definition) is 5. The molecular formula is C21H26F2N2O3S. The van der Waals surface area contributed by atoms with E-state index in [1.165, 1.54) is 12.1 Å². The summed E-state index contributed by atoms with van der Waals surface area (Å²) in [5, 5.41) is 13.5. The van der Waals surface area contributed by atoms with Gasteiger partial charge >= 0.3 is 0 Å². The summed E-state index contributed by atoms with van der Waals surface area (Å²) in [6.45, 7) is 2.09. The van der Waals surface area contributed by atoms with E-state index in [0.717, 1.165) is 29.2 Å². The molecule has 2 aromatic carbocycles. The highest BCUT2D eigenvalue weighted by molar-refractivity contribution is 7.90. The molecule has 3 rings (SSSR count). The second kappa shape index (κ2) is 8.87. The van der Waals surface area contributed by atoms with Crippen LogP contribution in [-0.2, 0) is 28.4 Å². The molecule has 0 bridgehead atoms. The number of nitrogens with two attached hydrogens (primary N) is 1. The molecule has 158 valence electrons. The van der Waals surface area contributed by atoms with Crippen molar-refractivity contribution in [1.82, 2.24) is 5.32 Å². The topological polar surface area (TPSA) is 92.4 Å². The number of hydrogen-bond donors (Lipinski definition) is 3. The van der Waals surface area contributed by atoms with Crippen LogP contribution in [0.3, 0.4) is 0 Å². The third-order valence-corrected chi connectivity index (χ3v) is 6.84. The Bertz CT molecular complexity index is 962. The summed E-state index contributed by atoms with van der Waals surface area (Å²) in [5.41, 5.74) is 9.16. The average molecular weight is 425 g/mol. The van der Waals surface area contributed by atoms with Crippen molar-refractivity contribution in [3.8, 4) is 0 Å². The van der Waals surface area contributed by atoms with Gasteiger partial charge in [0.25, 0.3) is 0 Å². The Hall–Kier alpha value is -1.87. The lowest BCUT2D eigenvalue weighted by molar-refractivity contribution is 0.138. The van der Waals surface area contributed by atoms with Gasteiger partial charge in [-0.05, 0) is 47.2 Å². The van der Waals surface area contributed by atoms with Crippen molar-refractivity contribution in [3.05, 3.63) is 70.3 Å². The SMILES string of the molecule is CCc1ccc2c(c1)C(NCC(O)C(N)Cc1cc(F)cc(F)c1)CS(=O)(=O)C2. The average Bonchev–Trinajstić information content (AvgIpc) is 2.63. The molecule has 5 nitrogen and oxygen atoms in total. The largest absolute Gasteiger partial charge is 0.390 e. The van der Waals surface area contributed by atoms with Crippen LogP contribution in [-0.4, -0.2) is 38.0 Å². The number of fused-ring (bicyclic) bond motifs is 1. The maximum atomic E-state index is 13.3. The van der Waals surface area contributed by atoms with Crippen molar-refractivity contribution in [3.63, 3.8) is 0 Å². The predicted molar refractivity (Wildman–Crippen MR) is 108 cm³/mol. The fraction of sp³-hybridized carbons (Fsp3) is 0.429. The van der Waals surface area contributed by atoms with Gasteiger partial charge in [0.2, 0.25) is 0 Å². The van der Waals surface area contributed by atoms with Crippen LogP contribution in [0, 0.1) is 11.6 Å². The zero-order valence-corrected chi connectivity index (χ0v) is 17.1. The van der Waals surface area contributed by atoms with E-state index in [0.29, 0.717) is 5.56 Å². The standard InChI is InChI=1S/C21H26F2N2O3S/c1-2-13-3-4-15-11-29(27,28)12-20(18(15)7-13)25-10-21(26)19(24)8-14-5-16(22)9-17(23)6-14/h3-7,9,19-21,25-26H,2,8,10-12,24H2,1H3. The molecule has 0 amide bonds. The summed E-state index contributed by atoms with van der Waals surface area (Å²) in [5.74, 6) is -1.44. The third-order valence-electron chi connectivity index (χ3n) is 5.25. The number of rotatable bonds is 7. The molecule has 3 atom stereocenters. The first-order chi connectivity index (χ1) is 13.7. The second-order valence-electron chi connectivity index (χ2n) is 7.62. The van der Waals surface area contributed by atoms with E-state index in [-0.39, 0.29) is 24.5 Å². The molecule has 0 saturated carbocycles. The van der Waals surface area contributed by atoms with Gasteiger partial charge in [-0.15, -0.1) is 0 Å². The predicted octanol–water partition coefficient (Wildman–Crippen LogP) is 2.02. The number of halogens is 2. The molecule has 3 unspecified atom stereocenters. The van der Waals surface area contributed by atoms with E-state index >= 15 is 0 Å². The Labute approximate surface area is 169 Å². The normalized spacial score (nSPS) is 20.1. The second-order valence-corrected chi connectivity index (χ2v) is 9.72. The lowest BCUT2D eigenvalue weighted by Crippen LogP contribution is -2.45. The molecule has 0 radical (unpaired) electrons. The minimum Gasteiger partial charge on any atom is -0.390 e. The molecule has 0 aliphatic carbocycles. The molecule has 1 aliphatic heterocycles. The molecule has 1 heterocycles. The van der Waals surface area contributed by atoms with Crippen LogP contribution in [0.5, 0.6) is 0 Å². The molecule has 0 fully saturated rings. The molecule has 2 aromatic rings. The van der Waals surface area contributed by atoms with Gasteiger partial charge in [0.1, 0.15) is 11.6 Å². The monoisotopic (exact) mass is 424 g/mol. The van der Waals surface area contributed by atoms with Crippen molar-refractivity contribution >= 4 is 9.84 Å². The minimum absolute atomic E-state index is 0.0116. The van der Waals surface area contributed by atoms with Gasteiger partial charge in [-0.2, -0.15) is 0 Å². The lowest BCUT2D eigenvalue weighted by atomic mass is 9.97. The van der Waals surface area contributed by atoms with Crippen LogP contribution in [0.2, 0.25) is 0 Å². The minimum atomic E-state index is -3.25. The van der Waals surface area contributed by atoms with Crippen LogP contribution >= 0.6 is 0 Å². The number of sulfone groups is 1. The van der Waals surface area contributed by atoms with Gasteiger partial charge in [0.05, 0.1) is 17.6 Å². The number of benzene rings is 2. The zero-order chi connectivity index (χ0) is 21.2. The Balaban J connectivity index is 1.68. The van der Waals surface area contributed by atoms with E-state index in [1.54, 1.807) is 0 Å². The van der Waals surface area contributed by atoms with Gasteiger partial charge in [-0.1, -0.05) is 25.1 Å². The molecular weight excluding hydrogens is 398 g/mol. The number of aliphatic hydroxyl groups excluding tert-OH is 1. The molecule has 0 spiro atoms. The third kappa shape index (κ3) is 5.60. The summed E-state index contributed by atoms with van der Waals surface area (Å²) in [7, 11) is -3.25. The van der Waals surface area contributed by atoms with Crippen molar-refractivity contribution < 1.29 is 22.3 Å². The number of nitrogens with one attached hydrogen (secondary N) is 1. The van der Waals surface area contributed by atoms with Gasteiger partial charge < -0.3 is 16.2 Å². The summed E-state index contributed by atoms with van der Waals surface area (Å²) < 4.78 is 51.2. The first kappa shape index (κ1) is 21.8. The molecule has 1 aliphatic rings. The van der Waals surface area contributed by atoms with Crippen LogP contribution in [0.1, 0.15) is 35.2 Å². The summed E-state index contributed by atoms with van der Waals surface area (Å²) >= 11 is 0. The first-order valence-electron chi connectivity index (χ1n) is 9.61. The lowest BCUT2D eigenvalue weighted by Gasteiger charge is -2.29. The highest BCUT2D eigenvalue weighted by atomic mass is 32.2. The fourth-order valence-electron chi connectivity index (χ4n) is 3.68. The van der Waals surface area contributed by atoms with Crippen LogP contribution in [0.25, 0.3) is 0 Å². The van der Waals surface area contributed by atoms with E-state index in [4.69, 9.17) is 5.73 Å². The Kier molecular flexibility index (Phi) is 6.68. The van der Waals surface area contributed by atoms with Crippen LogP contribution in [0.15, 0.2) is 36.4 Å².